The number of benzene rings is 1. The van der Waals surface area contributed by atoms with Crippen LogP contribution in [0.1, 0.15) is 16.9 Å². The molecule has 0 spiro atoms. The summed E-state index contributed by atoms with van der Waals surface area (Å²) in [6, 6.07) is 6.68. The summed E-state index contributed by atoms with van der Waals surface area (Å²) in [6.07, 6.45) is 1.67. The minimum Gasteiger partial charge on any atom is -0.483 e. The number of nitrogens with one attached hydrogen (secondary N) is 1. The molecule has 0 amide bonds. The van der Waals surface area contributed by atoms with Gasteiger partial charge in [-0.15, -0.1) is 0 Å². The maximum absolute atomic E-state index is 13.4. The Morgan fingerprint density at radius 3 is 2.94 bits per heavy atom. The van der Waals surface area contributed by atoms with Gasteiger partial charge in [-0.05, 0) is 37.7 Å². The average Bonchev–Trinajstić information content (AvgIpc) is 2.79. The summed E-state index contributed by atoms with van der Waals surface area (Å²) in [7, 11) is 1.87. The van der Waals surface area contributed by atoms with Gasteiger partial charge in [0.1, 0.15) is 12.4 Å². The minimum absolute atomic E-state index is 0.226. The summed E-state index contributed by atoms with van der Waals surface area (Å²) in [5.74, 6) is 0.574. The van der Waals surface area contributed by atoms with E-state index in [1.54, 1.807) is 18.4 Å². The first-order chi connectivity index (χ1) is 8.69. The predicted molar refractivity (Wildman–Crippen MR) is 66.9 cm³/mol. The third-order valence-corrected chi connectivity index (χ3v) is 2.55. The first kappa shape index (κ1) is 12.6. The molecule has 0 bridgehead atoms. The van der Waals surface area contributed by atoms with Gasteiger partial charge in [-0.2, -0.15) is 0 Å². The van der Waals surface area contributed by atoms with Crippen LogP contribution in [0.5, 0.6) is 5.75 Å². The van der Waals surface area contributed by atoms with Crippen LogP contribution in [0.3, 0.4) is 0 Å². The van der Waals surface area contributed by atoms with Gasteiger partial charge in [0.25, 0.3) is 0 Å². The first-order valence-corrected chi connectivity index (χ1v) is 5.79. The molecule has 2 aromatic rings. The molecule has 0 radical (unpaired) electrons. The van der Waals surface area contributed by atoms with Crippen LogP contribution in [0.2, 0.25) is 0 Å². The number of furan rings is 1. The molecule has 18 heavy (non-hydrogen) atoms. The lowest BCUT2D eigenvalue weighted by Gasteiger charge is -2.06. The molecule has 0 aliphatic rings. The smallest absolute Gasteiger partial charge is 0.165 e. The highest BCUT2D eigenvalue weighted by Crippen LogP contribution is 2.20. The zero-order chi connectivity index (χ0) is 13.0. The summed E-state index contributed by atoms with van der Waals surface area (Å²) < 4.78 is 24.2. The molecule has 0 unspecified atom stereocenters. The Morgan fingerprint density at radius 2 is 2.17 bits per heavy atom. The summed E-state index contributed by atoms with van der Waals surface area (Å²) in [5, 5.41) is 3.03. The maximum Gasteiger partial charge on any atom is 0.165 e. The van der Waals surface area contributed by atoms with E-state index in [4.69, 9.17) is 9.15 Å². The summed E-state index contributed by atoms with van der Waals surface area (Å²) in [6.45, 7) is 2.86. The number of hydrogen-bond donors (Lipinski definition) is 1. The van der Waals surface area contributed by atoms with Gasteiger partial charge in [0.2, 0.25) is 0 Å². The Labute approximate surface area is 106 Å². The Balaban J connectivity index is 1.99. The molecule has 1 aromatic heterocycles. The van der Waals surface area contributed by atoms with E-state index in [-0.39, 0.29) is 18.2 Å². The summed E-state index contributed by atoms with van der Waals surface area (Å²) in [5.41, 5.74) is 2.00. The van der Waals surface area contributed by atoms with E-state index in [1.165, 1.54) is 6.07 Å². The van der Waals surface area contributed by atoms with Crippen LogP contribution in [-0.2, 0) is 13.2 Å². The molecule has 1 aromatic carbocycles. The van der Waals surface area contributed by atoms with Crippen molar-refractivity contribution >= 4 is 0 Å². The standard InChI is InChI=1S/C14H16FNO2/c1-10-3-4-13(15)14(5-10)18-9-12-6-11(7-16-2)8-17-12/h3-6,8,16H,7,9H2,1-2H3. The Morgan fingerprint density at radius 1 is 1.33 bits per heavy atom. The molecule has 0 aliphatic heterocycles. The van der Waals surface area contributed by atoms with Crippen LogP contribution in [0.4, 0.5) is 4.39 Å². The molecule has 1 N–H and O–H groups in total. The van der Waals surface area contributed by atoms with Crippen LogP contribution in [0.15, 0.2) is 34.9 Å². The second-order valence-electron chi connectivity index (χ2n) is 4.17. The number of ether oxygens (including phenoxy) is 1. The van der Waals surface area contributed by atoms with Crippen molar-refractivity contribution in [1.29, 1.82) is 0 Å². The topological polar surface area (TPSA) is 34.4 Å². The Bertz CT molecular complexity index is 522. The number of halogens is 1. The molecular formula is C14H16FNO2. The molecule has 0 aliphatic carbocycles. The van der Waals surface area contributed by atoms with Crippen LogP contribution in [-0.4, -0.2) is 7.05 Å². The van der Waals surface area contributed by atoms with Crippen molar-refractivity contribution in [3.05, 3.63) is 53.2 Å². The normalized spacial score (nSPS) is 10.6. The van der Waals surface area contributed by atoms with Gasteiger partial charge in [0.15, 0.2) is 11.6 Å². The van der Waals surface area contributed by atoms with Gasteiger partial charge in [-0.1, -0.05) is 6.07 Å². The number of hydrogen-bond acceptors (Lipinski definition) is 3. The molecule has 0 atom stereocenters. The molecule has 96 valence electrons. The third kappa shape index (κ3) is 3.11. The highest BCUT2D eigenvalue weighted by Gasteiger charge is 2.06. The number of rotatable bonds is 5. The van der Waals surface area contributed by atoms with Gasteiger partial charge in [0.05, 0.1) is 6.26 Å². The lowest BCUT2D eigenvalue weighted by Crippen LogP contribution is -2.03. The molecule has 1 heterocycles. The monoisotopic (exact) mass is 249 g/mol. The fraction of sp³-hybridized carbons (Fsp3) is 0.286. The van der Waals surface area contributed by atoms with Gasteiger partial charge >= 0.3 is 0 Å². The van der Waals surface area contributed by atoms with E-state index in [2.05, 4.69) is 5.32 Å². The second kappa shape index (κ2) is 5.69. The van der Waals surface area contributed by atoms with E-state index in [0.717, 1.165) is 17.7 Å². The molecule has 2 rings (SSSR count). The van der Waals surface area contributed by atoms with Crippen LogP contribution >= 0.6 is 0 Å². The van der Waals surface area contributed by atoms with Crippen molar-refractivity contribution in [2.24, 2.45) is 0 Å². The third-order valence-electron chi connectivity index (χ3n) is 2.55. The fourth-order valence-electron chi connectivity index (χ4n) is 1.67. The zero-order valence-corrected chi connectivity index (χ0v) is 10.5. The first-order valence-electron chi connectivity index (χ1n) is 5.79. The SMILES string of the molecule is CNCc1coc(COc2cc(C)ccc2F)c1. The quantitative estimate of drug-likeness (QED) is 0.884. The zero-order valence-electron chi connectivity index (χ0n) is 10.5. The minimum atomic E-state index is -0.359. The molecule has 0 saturated heterocycles. The molecule has 4 heteroatoms. The summed E-state index contributed by atoms with van der Waals surface area (Å²) >= 11 is 0. The Kier molecular flexibility index (Phi) is 3.99. The van der Waals surface area contributed by atoms with E-state index < -0.39 is 0 Å². The summed E-state index contributed by atoms with van der Waals surface area (Å²) in [4.78, 5) is 0. The molecule has 0 saturated carbocycles. The predicted octanol–water partition coefficient (Wildman–Crippen LogP) is 3.03. The Hall–Kier alpha value is -1.81. The van der Waals surface area contributed by atoms with Gasteiger partial charge in [0, 0.05) is 12.1 Å². The van der Waals surface area contributed by atoms with Crippen molar-refractivity contribution in [3.63, 3.8) is 0 Å². The van der Waals surface area contributed by atoms with Crippen molar-refractivity contribution in [2.45, 2.75) is 20.1 Å². The molecule has 0 fully saturated rings. The molecule has 3 nitrogen and oxygen atoms in total. The fourth-order valence-corrected chi connectivity index (χ4v) is 1.67. The lowest BCUT2D eigenvalue weighted by molar-refractivity contribution is 0.258. The van der Waals surface area contributed by atoms with Crippen molar-refractivity contribution in [1.82, 2.24) is 5.32 Å². The highest BCUT2D eigenvalue weighted by molar-refractivity contribution is 5.29. The van der Waals surface area contributed by atoms with Crippen LogP contribution in [0, 0.1) is 12.7 Å². The molecular weight excluding hydrogens is 233 g/mol. The van der Waals surface area contributed by atoms with E-state index in [1.807, 2.05) is 20.0 Å². The lowest BCUT2D eigenvalue weighted by atomic mass is 10.2. The van der Waals surface area contributed by atoms with Crippen molar-refractivity contribution in [2.75, 3.05) is 7.05 Å². The van der Waals surface area contributed by atoms with Gasteiger partial charge in [-0.3, -0.25) is 0 Å². The van der Waals surface area contributed by atoms with Gasteiger partial charge in [-0.25, -0.2) is 4.39 Å². The average molecular weight is 249 g/mol. The highest BCUT2D eigenvalue weighted by atomic mass is 19.1. The van der Waals surface area contributed by atoms with Gasteiger partial charge < -0.3 is 14.5 Å². The largest absolute Gasteiger partial charge is 0.483 e. The second-order valence-corrected chi connectivity index (χ2v) is 4.17. The van der Waals surface area contributed by atoms with E-state index in [0.29, 0.717) is 5.76 Å². The maximum atomic E-state index is 13.4. The van der Waals surface area contributed by atoms with Crippen molar-refractivity contribution in [3.8, 4) is 5.75 Å². The van der Waals surface area contributed by atoms with Crippen molar-refractivity contribution < 1.29 is 13.5 Å². The number of aryl methyl sites for hydroxylation is 1. The van der Waals surface area contributed by atoms with Crippen LogP contribution in [0.25, 0.3) is 0 Å². The van der Waals surface area contributed by atoms with Crippen LogP contribution < -0.4 is 10.1 Å². The van der Waals surface area contributed by atoms with E-state index >= 15 is 0 Å². The van der Waals surface area contributed by atoms with E-state index in [9.17, 15) is 4.39 Å².